The Kier molecular flexibility index (Phi) is 11.0. The summed E-state index contributed by atoms with van der Waals surface area (Å²) in [5.41, 5.74) is -1.19. The highest BCUT2D eigenvalue weighted by molar-refractivity contribution is 5.66. The van der Waals surface area contributed by atoms with Crippen molar-refractivity contribution in [1.29, 1.82) is 5.26 Å². The molecule has 0 spiro atoms. The molecule has 0 radical (unpaired) electrons. The van der Waals surface area contributed by atoms with E-state index in [1.54, 1.807) is 6.07 Å². The Balaban J connectivity index is 1.74. The van der Waals surface area contributed by atoms with Crippen LogP contribution in [0.5, 0.6) is 5.75 Å². The van der Waals surface area contributed by atoms with E-state index >= 15 is 0 Å². The van der Waals surface area contributed by atoms with Crippen molar-refractivity contribution in [3.05, 3.63) is 76.6 Å². The van der Waals surface area contributed by atoms with E-state index in [0.717, 1.165) is 43.5 Å². The molecule has 0 amide bonds. The molecule has 4 rings (SSSR count). The Morgan fingerprint density at radius 1 is 1.00 bits per heavy atom. The molecule has 1 aliphatic rings. The van der Waals surface area contributed by atoms with E-state index in [4.69, 9.17) is 9.84 Å². The number of nitriles is 1. The van der Waals surface area contributed by atoms with Crippen molar-refractivity contribution in [3.8, 4) is 11.8 Å². The summed E-state index contributed by atoms with van der Waals surface area (Å²) < 4.78 is 88.2. The molecule has 1 saturated carbocycles. The summed E-state index contributed by atoms with van der Waals surface area (Å²) in [6.07, 6.45) is -3.86. The number of aromatic nitrogens is 2. The van der Waals surface area contributed by atoms with Crippen molar-refractivity contribution in [1.82, 2.24) is 9.97 Å². The number of aliphatic carboxylic acids is 1. The summed E-state index contributed by atoms with van der Waals surface area (Å²) in [7, 11) is 0. The third-order valence-corrected chi connectivity index (χ3v) is 7.30. The van der Waals surface area contributed by atoms with Gasteiger partial charge in [0.1, 0.15) is 0 Å². The van der Waals surface area contributed by atoms with Gasteiger partial charge in [-0.2, -0.15) is 31.6 Å². The second kappa shape index (κ2) is 14.7. The second-order valence-corrected chi connectivity index (χ2v) is 11.2. The zero-order valence-electron chi connectivity index (χ0n) is 25.0. The fourth-order valence-corrected chi connectivity index (χ4v) is 4.98. The summed E-state index contributed by atoms with van der Waals surface area (Å²) in [4.78, 5) is 22.8. The molecular weight excluding hydrogens is 616 g/mol. The third kappa shape index (κ3) is 9.73. The highest BCUT2D eigenvalue weighted by atomic mass is 19.4. The van der Waals surface area contributed by atoms with Gasteiger partial charge >= 0.3 is 18.3 Å². The molecule has 1 N–H and O–H groups in total. The zero-order valence-corrected chi connectivity index (χ0v) is 25.0. The van der Waals surface area contributed by atoms with Crippen LogP contribution in [0.3, 0.4) is 0 Å². The predicted molar refractivity (Wildman–Crippen MR) is 157 cm³/mol. The largest absolute Gasteiger partial charge is 0.490 e. The lowest BCUT2D eigenvalue weighted by Gasteiger charge is -2.30. The molecule has 0 atom stereocenters. The molecule has 2 aromatic carbocycles. The zero-order chi connectivity index (χ0) is 33.5. The van der Waals surface area contributed by atoms with Crippen molar-refractivity contribution in [2.24, 2.45) is 5.92 Å². The van der Waals surface area contributed by atoms with Crippen LogP contribution >= 0.6 is 0 Å². The average molecular weight is 650 g/mol. The molecule has 0 unspecified atom stereocenters. The lowest BCUT2D eigenvalue weighted by Crippen LogP contribution is -2.30. The van der Waals surface area contributed by atoms with Crippen molar-refractivity contribution in [3.63, 3.8) is 0 Å². The molecule has 1 aliphatic carbocycles. The molecule has 14 heteroatoms. The fraction of sp³-hybridized carbons (Fsp3) is 0.438. The van der Waals surface area contributed by atoms with Crippen LogP contribution in [0.2, 0.25) is 0 Å². The van der Waals surface area contributed by atoms with Gasteiger partial charge in [-0.1, -0.05) is 6.92 Å². The minimum absolute atomic E-state index is 0.00130. The number of rotatable bonds is 15. The first-order valence-corrected chi connectivity index (χ1v) is 14.7. The van der Waals surface area contributed by atoms with E-state index < -0.39 is 29.4 Å². The Labute approximate surface area is 262 Å². The van der Waals surface area contributed by atoms with Gasteiger partial charge < -0.3 is 19.6 Å². The standard InChI is InChI=1S/C32H33F6N5O3/c1-2-9-42(18-21-5-6-21)28-8-7-25(31(33,34)35)14-24(28)20-43(19-23-11-22(15-39)12-26(13-23)32(36,37)38)30-40-16-27(17-41-30)46-10-3-4-29(44)45/h7-8,11-14,16-17,21H,2-6,9-10,18-20H2,1H3,(H,44,45). The number of alkyl halides is 6. The van der Waals surface area contributed by atoms with E-state index in [2.05, 4.69) is 9.97 Å². The number of nitrogens with zero attached hydrogens (tertiary/aromatic N) is 5. The van der Waals surface area contributed by atoms with Gasteiger partial charge in [0.15, 0.2) is 5.75 Å². The molecule has 8 nitrogen and oxygen atoms in total. The third-order valence-electron chi connectivity index (χ3n) is 7.30. The number of halogens is 6. The summed E-state index contributed by atoms with van der Waals surface area (Å²) in [5.74, 6) is -0.345. The van der Waals surface area contributed by atoms with E-state index in [1.165, 1.54) is 29.4 Å². The first kappa shape index (κ1) is 34.3. The number of hydrogen-bond acceptors (Lipinski definition) is 7. The highest BCUT2D eigenvalue weighted by Crippen LogP contribution is 2.37. The van der Waals surface area contributed by atoms with Crippen LogP contribution in [0.4, 0.5) is 38.0 Å². The van der Waals surface area contributed by atoms with Crippen LogP contribution in [0, 0.1) is 17.2 Å². The maximum absolute atomic E-state index is 13.9. The number of ether oxygens (including phenoxy) is 1. The minimum Gasteiger partial charge on any atom is -0.490 e. The maximum Gasteiger partial charge on any atom is 0.416 e. The van der Waals surface area contributed by atoms with Gasteiger partial charge in [0, 0.05) is 38.3 Å². The molecule has 1 heterocycles. The topological polar surface area (TPSA) is 103 Å². The van der Waals surface area contributed by atoms with Crippen LogP contribution in [0.15, 0.2) is 48.8 Å². The summed E-state index contributed by atoms with van der Waals surface area (Å²) in [5, 5.41) is 18.2. The van der Waals surface area contributed by atoms with Crippen molar-refractivity contribution in [2.45, 2.75) is 64.5 Å². The van der Waals surface area contributed by atoms with Gasteiger partial charge in [-0.05, 0) is 79.1 Å². The number of carboxylic acids is 1. The number of carboxylic acid groups (broad SMARTS) is 1. The monoisotopic (exact) mass is 649 g/mol. The van der Waals surface area contributed by atoms with Gasteiger partial charge in [-0.15, -0.1) is 0 Å². The maximum atomic E-state index is 13.9. The molecule has 3 aromatic rings. The van der Waals surface area contributed by atoms with E-state index in [9.17, 15) is 36.4 Å². The predicted octanol–water partition coefficient (Wildman–Crippen LogP) is 7.46. The Bertz CT molecular complexity index is 1540. The van der Waals surface area contributed by atoms with Gasteiger partial charge in [0.2, 0.25) is 5.95 Å². The molecule has 1 fully saturated rings. The first-order valence-electron chi connectivity index (χ1n) is 14.7. The molecule has 1 aromatic heterocycles. The van der Waals surface area contributed by atoms with Crippen molar-refractivity contribution in [2.75, 3.05) is 29.5 Å². The van der Waals surface area contributed by atoms with Gasteiger partial charge in [-0.3, -0.25) is 4.79 Å². The lowest BCUT2D eigenvalue weighted by atomic mass is 10.0. The van der Waals surface area contributed by atoms with Gasteiger partial charge in [0.25, 0.3) is 0 Å². The second-order valence-electron chi connectivity index (χ2n) is 11.2. The highest BCUT2D eigenvalue weighted by Gasteiger charge is 2.34. The van der Waals surface area contributed by atoms with Gasteiger partial charge in [0.05, 0.1) is 41.8 Å². The quantitative estimate of drug-likeness (QED) is 0.134. The molecule has 0 saturated heterocycles. The smallest absolute Gasteiger partial charge is 0.416 e. The summed E-state index contributed by atoms with van der Waals surface area (Å²) in [6, 6.07) is 8.13. The first-order chi connectivity index (χ1) is 21.8. The Morgan fingerprint density at radius 3 is 2.28 bits per heavy atom. The number of hydrogen-bond donors (Lipinski definition) is 1. The van der Waals surface area contributed by atoms with E-state index in [-0.39, 0.29) is 60.9 Å². The normalized spacial score (nSPS) is 13.3. The van der Waals surface area contributed by atoms with Crippen LogP contribution < -0.4 is 14.5 Å². The fourth-order valence-electron chi connectivity index (χ4n) is 4.98. The number of carbonyl (C=O) groups is 1. The summed E-state index contributed by atoms with van der Waals surface area (Å²) in [6.45, 7) is 2.84. The molecule has 246 valence electrons. The van der Waals surface area contributed by atoms with E-state index in [1.807, 2.05) is 11.8 Å². The SMILES string of the molecule is CCCN(CC1CC1)c1ccc(C(F)(F)F)cc1CN(Cc1cc(C#N)cc(C(F)(F)F)c1)c1ncc(OCCCC(=O)O)cn1. The number of anilines is 2. The molecule has 0 bridgehead atoms. The van der Waals surface area contributed by atoms with Crippen LogP contribution in [-0.2, 0) is 30.2 Å². The molecular formula is C32H33F6N5O3. The van der Waals surface area contributed by atoms with Crippen LogP contribution in [0.25, 0.3) is 0 Å². The summed E-state index contributed by atoms with van der Waals surface area (Å²) >= 11 is 0. The van der Waals surface area contributed by atoms with Crippen LogP contribution in [0.1, 0.15) is 66.8 Å². The van der Waals surface area contributed by atoms with Gasteiger partial charge in [-0.25, -0.2) is 9.97 Å². The molecule has 0 aliphatic heterocycles. The van der Waals surface area contributed by atoms with Crippen LogP contribution in [-0.4, -0.2) is 40.7 Å². The minimum atomic E-state index is -4.74. The molecule has 46 heavy (non-hydrogen) atoms. The lowest BCUT2D eigenvalue weighted by molar-refractivity contribution is -0.138. The average Bonchev–Trinajstić information content (AvgIpc) is 3.82. The Hall–Kier alpha value is -4.54. The van der Waals surface area contributed by atoms with Crippen molar-refractivity contribution < 1.29 is 41.0 Å². The number of benzene rings is 2. The Morgan fingerprint density at radius 2 is 1.70 bits per heavy atom. The van der Waals surface area contributed by atoms with Crippen molar-refractivity contribution >= 4 is 17.6 Å². The van der Waals surface area contributed by atoms with E-state index in [0.29, 0.717) is 24.7 Å².